The van der Waals surface area contributed by atoms with Gasteiger partial charge < -0.3 is 0 Å². The first-order chi connectivity index (χ1) is 14.3. The number of nitrogens with zero attached hydrogens (tertiary/aromatic N) is 1. The SMILES string of the molecule is O=C(CCc1cccc(Cl)c1Cl)NNC(=O)c1ccc(S(=O)(=O)N2CCCC2)cc1. The Morgan fingerprint density at radius 1 is 0.967 bits per heavy atom. The van der Waals surface area contributed by atoms with Gasteiger partial charge in [-0.2, -0.15) is 4.31 Å². The summed E-state index contributed by atoms with van der Waals surface area (Å²) in [5.41, 5.74) is 5.62. The van der Waals surface area contributed by atoms with Gasteiger partial charge in [-0.15, -0.1) is 0 Å². The molecule has 1 aliphatic rings. The zero-order valence-corrected chi connectivity index (χ0v) is 18.4. The lowest BCUT2D eigenvalue weighted by Gasteiger charge is -2.15. The molecule has 2 aromatic carbocycles. The molecule has 1 saturated heterocycles. The minimum Gasteiger partial charge on any atom is -0.273 e. The van der Waals surface area contributed by atoms with E-state index in [1.165, 1.54) is 28.6 Å². The highest BCUT2D eigenvalue weighted by molar-refractivity contribution is 7.89. The van der Waals surface area contributed by atoms with Crippen LogP contribution in [0.15, 0.2) is 47.4 Å². The van der Waals surface area contributed by atoms with E-state index in [0.29, 0.717) is 29.6 Å². The minimum atomic E-state index is -3.54. The first-order valence-electron chi connectivity index (χ1n) is 9.41. The number of nitrogens with one attached hydrogen (secondary N) is 2. The van der Waals surface area contributed by atoms with E-state index in [1.54, 1.807) is 18.2 Å². The Morgan fingerprint density at radius 3 is 2.30 bits per heavy atom. The highest BCUT2D eigenvalue weighted by Gasteiger charge is 2.27. The van der Waals surface area contributed by atoms with E-state index in [1.807, 2.05) is 0 Å². The van der Waals surface area contributed by atoms with E-state index < -0.39 is 21.8 Å². The first-order valence-corrected chi connectivity index (χ1v) is 11.6. The molecule has 0 aromatic heterocycles. The van der Waals surface area contributed by atoms with Gasteiger partial charge in [-0.05, 0) is 55.2 Å². The molecule has 30 heavy (non-hydrogen) atoms. The Hall–Kier alpha value is -2.13. The van der Waals surface area contributed by atoms with Crippen LogP contribution in [0, 0.1) is 0 Å². The number of sulfonamides is 1. The molecule has 0 aliphatic carbocycles. The van der Waals surface area contributed by atoms with Crippen LogP contribution in [0.4, 0.5) is 0 Å². The minimum absolute atomic E-state index is 0.105. The largest absolute Gasteiger partial charge is 0.273 e. The highest BCUT2D eigenvalue weighted by atomic mass is 35.5. The topological polar surface area (TPSA) is 95.6 Å². The summed E-state index contributed by atoms with van der Waals surface area (Å²) in [6.45, 7) is 1.02. The van der Waals surface area contributed by atoms with Crippen LogP contribution in [0.1, 0.15) is 35.2 Å². The van der Waals surface area contributed by atoms with Crippen molar-refractivity contribution >= 4 is 45.0 Å². The smallest absolute Gasteiger partial charge is 0.269 e. The molecule has 2 N–H and O–H groups in total. The van der Waals surface area contributed by atoms with Gasteiger partial charge in [-0.1, -0.05) is 35.3 Å². The number of benzene rings is 2. The maximum atomic E-state index is 12.5. The summed E-state index contributed by atoms with van der Waals surface area (Å²) in [4.78, 5) is 24.4. The third-order valence-corrected chi connectivity index (χ3v) is 7.56. The second-order valence-electron chi connectivity index (χ2n) is 6.85. The number of hydrogen-bond donors (Lipinski definition) is 2. The first kappa shape index (κ1) is 22.6. The maximum absolute atomic E-state index is 12.5. The summed E-state index contributed by atoms with van der Waals surface area (Å²) < 4.78 is 26.5. The van der Waals surface area contributed by atoms with Crippen molar-refractivity contribution in [3.63, 3.8) is 0 Å². The summed E-state index contributed by atoms with van der Waals surface area (Å²) in [5.74, 6) is -0.943. The Bertz CT molecular complexity index is 1040. The molecular formula is C20H21Cl2N3O4S. The van der Waals surface area contributed by atoms with Gasteiger partial charge in [0.15, 0.2) is 0 Å². The van der Waals surface area contributed by atoms with Crippen LogP contribution in [-0.4, -0.2) is 37.6 Å². The van der Waals surface area contributed by atoms with Crippen LogP contribution < -0.4 is 10.9 Å². The second kappa shape index (κ2) is 9.78. The van der Waals surface area contributed by atoms with E-state index in [9.17, 15) is 18.0 Å². The summed E-state index contributed by atoms with van der Waals surface area (Å²) in [7, 11) is -3.54. The number of carbonyl (C=O) groups excluding carboxylic acids is 2. The number of carbonyl (C=O) groups is 2. The molecule has 160 valence electrons. The van der Waals surface area contributed by atoms with E-state index in [2.05, 4.69) is 10.9 Å². The van der Waals surface area contributed by atoms with Crippen LogP contribution in [-0.2, 0) is 21.2 Å². The standard InChI is InChI=1S/C20H21Cl2N3O4S/c21-17-5-3-4-14(19(17)22)8-11-18(26)23-24-20(27)15-6-9-16(10-7-15)30(28,29)25-12-1-2-13-25/h3-7,9-10H,1-2,8,11-13H2,(H,23,26)(H,24,27). The van der Waals surface area contributed by atoms with Crippen LogP contribution in [0.25, 0.3) is 0 Å². The predicted octanol–water partition coefficient (Wildman–Crippen LogP) is 3.17. The molecule has 1 heterocycles. The van der Waals surface area contributed by atoms with Crippen LogP contribution in [0.5, 0.6) is 0 Å². The number of amides is 2. The molecular weight excluding hydrogens is 449 g/mol. The van der Waals surface area contributed by atoms with Crippen LogP contribution >= 0.6 is 23.2 Å². The van der Waals surface area contributed by atoms with Crippen molar-refractivity contribution in [2.45, 2.75) is 30.6 Å². The van der Waals surface area contributed by atoms with Gasteiger partial charge in [0, 0.05) is 25.1 Å². The van der Waals surface area contributed by atoms with Crippen molar-refractivity contribution in [1.29, 1.82) is 0 Å². The predicted molar refractivity (Wildman–Crippen MR) is 115 cm³/mol. The van der Waals surface area contributed by atoms with E-state index in [0.717, 1.165) is 18.4 Å². The Kier molecular flexibility index (Phi) is 7.36. The maximum Gasteiger partial charge on any atom is 0.269 e. The van der Waals surface area contributed by atoms with Crippen LogP contribution in [0.2, 0.25) is 10.0 Å². The van der Waals surface area contributed by atoms with Gasteiger partial charge in [0.1, 0.15) is 0 Å². The molecule has 0 radical (unpaired) electrons. The third-order valence-electron chi connectivity index (χ3n) is 4.79. The van der Waals surface area contributed by atoms with Gasteiger partial charge in [0.2, 0.25) is 15.9 Å². The van der Waals surface area contributed by atoms with Crippen molar-refractivity contribution in [2.75, 3.05) is 13.1 Å². The fraction of sp³-hybridized carbons (Fsp3) is 0.300. The summed E-state index contributed by atoms with van der Waals surface area (Å²) in [6, 6.07) is 10.8. The van der Waals surface area contributed by atoms with E-state index >= 15 is 0 Å². The molecule has 2 amide bonds. The van der Waals surface area contributed by atoms with Crippen molar-refractivity contribution in [1.82, 2.24) is 15.2 Å². The zero-order chi connectivity index (χ0) is 21.7. The molecule has 0 bridgehead atoms. The summed E-state index contributed by atoms with van der Waals surface area (Å²) >= 11 is 12.0. The number of hydrogen-bond acceptors (Lipinski definition) is 4. The molecule has 3 rings (SSSR count). The normalized spacial score (nSPS) is 14.5. The quantitative estimate of drug-likeness (QED) is 0.634. The van der Waals surface area contributed by atoms with E-state index in [-0.39, 0.29) is 16.9 Å². The molecule has 10 heteroatoms. The lowest BCUT2D eigenvalue weighted by Crippen LogP contribution is -2.41. The van der Waals surface area contributed by atoms with Crippen LogP contribution in [0.3, 0.4) is 0 Å². The molecule has 0 atom stereocenters. The van der Waals surface area contributed by atoms with Gasteiger partial charge in [0.05, 0.1) is 14.9 Å². The lowest BCUT2D eigenvalue weighted by atomic mass is 10.1. The Balaban J connectivity index is 1.52. The van der Waals surface area contributed by atoms with E-state index in [4.69, 9.17) is 23.2 Å². The van der Waals surface area contributed by atoms with Crippen molar-refractivity contribution in [2.24, 2.45) is 0 Å². The monoisotopic (exact) mass is 469 g/mol. The van der Waals surface area contributed by atoms with Crippen molar-refractivity contribution in [3.8, 4) is 0 Å². The summed E-state index contributed by atoms with van der Waals surface area (Å²) in [5, 5.41) is 0.818. The second-order valence-corrected chi connectivity index (χ2v) is 9.57. The highest BCUT2D eigenvalue weighted by Crippen LogP contribution is 2.26. The van der Waals surface area contributed by atoms with Gasteiger partial charge in [-0.25, -0.2) is 8.42 Å². The molecule has 0 spiro atoms. The van der Waals surface area contributed by atoms with Crippen molar-refractivity contribution < 1.29 is 18.0 Å². The third kappa shape index (κ3) is 5.31. The Morgan fingerprint density at radius 2 is 1.63 bits per heavy atom. The molecule has 1 aliphatic heterocycles. The average molecular weight is 470 g/mol. The lowest BCUT2D eigenvalue weighted by molar-refractivity contribution is -0.121. The number of hydrazine groups is 1. The zero-order valence-electron chi connectivity index (χ0n) is 16.0. The average Bonchev–Trinajstić information content (AvgIpc) is 3.29. The van der Waals surface area contributed by atoms with Gasteiger partial charge >= 0.3 is 0 Å². The van der Waals surface area contributed by atoms with Gasteiger partial charge in [-0.3, -0.25) is 20.4 Å². The Labute approximate surface area is 185 Å². The number of halogens is 2. The number of aryl methyl sites for hydroxylation is 1. The summed E-state index contributed by atoms with van der Waals surface area (Å²) in [6.07, 6.45) is 2.17. The molecule has 2 aromatic rings. The van der Waals surface area contributed by atoms with Gasteiger partial charge in [0.25, 0.3) is 5.91 Å². The molecule has 0 unspecified atom stereocenters. The molecule has 7 nitrogen and oxygen atoms in total. The fourth-order valence-corrected chi connectivity index (χ4v) is 5.04. The fourth-order valence-electron chi connectivity index (χ4n) is 3.11. The molecule has 1 fully saturated rings. The van der Waals surface area contributed by atoms with Crippen molar-refractivity contribution in [3.05, 3.63) is 63.6 Å². The molecule has 0 saturated carbocycles. The number of rotatable bonds is 6.